The number of ketones is 2. The Kier molecular flexibility index (Phi) is 7.81. The van der Waals surface area contributed by atoms with Gasteiger partial charge in [0.1, 0.15) is 5.60 Å². The van der Waals surface area contributed by atoms with Gasteiger partial charge in [-0.05, 0) is 86.7 Å². The second-order valence-corrected chi connectivity index (χ2v) is 13.1. The van der Waals surface area contributed by atoms with Gasteiger partial charge in [-0.3, -0.25) is 19.2 Å². The number of esters is 1. The summed E-state index contributed by atoms with van der Waals surface area (Å²) >= 11 is 0. The first-order valence-corrected chi connectivity index (χ1v) is 15.0. The minimum atomic E-state index is -1.52. The molecule has 2 N–H and O–H groups in total. The van der Waals surface area contributed by atoms with Crippen molar-refractivity contribution in [3.63, 3.8) is 0 Å². The molecule has 0 heterocycles. The molecule has 0 spiro atoms. The van der Waals surface area contributed by atoms with Crippen LogP contribution in [0.5, 0.6) is 0 Å². The van der Waals surface area contributed by atoms with Crippen LogP contribution in [0.3, 0.4) is 0 Å². The van der Waals surface area contributed by atoms with Crippen molar-refractivity contribution in [1.82, 2.24) is 5.32 Å². The Labute approximate surface area is 237 Å². The predicted molar refractivity (Wildman–Crippen MR) is 150 cm³/mol. The molecule has 0 saturated heterocycles. The van der Waals surface area contributed by atoms with Gasteiger partial charge in [0.2, 0.25) is 11.7 Å². The average Bonchev–Trinajstić information content (AvgIpc) is 3.22. The summed E-state index contributed by atoms with van der Waals surface area (Å²) in [5, 5.41) is 14.7. The molecule has 7 heteroatoms. The molecule has 7 nitrogen and oxygen atoms in total. The van der Waals surface area contributed by atoms with Crippen LogP contribution in [0, 0.1) is 28.6 Å². The zero-order valence-corrected chi connectivity index (χ0v) is 24.0. The maximum Gasteiger partial charge on any atom is 0.306 e. The van der Waals surface area contributed by atoms with E-state index in [1.807, 2.05) is 43.3 Å². The van der Waals surface area contributed by atoms with E-state index >= 15 is 0 Å². The number of benzene rings is 1. The molecule has 0 bridgehead atoms. The van der Waals surface area contributed by atoms with Gasteiger partial charge < -0.3 is 15.2 Å². The minimum Gasteiger partial charge on any atom is -0.458 e. The number of fused-ring (bicyclic) bond motifs is 5. The van der Waals surface area contributed by atoms with Crippen LogP contribution in [0.2, 0.25) is 0 Å². The Morgan fingerprint density at radius 2 is 1.73 bits per heavy atom. The Balaban J connectivity index is 1.15. The summed E-state index contributed by atoms with van der Waals surface area (Å²) in [6, 6.07) is 9.39. The summed E-state index contributed by atoms with van der Waals surface area (Å²) in [4.78, 5) is 50.2. The van der Waals surface area contributed by atoms with Crippen molar-refractivity contribution < 1.29 is 29.0 Å². The fourth-order valence-corrected chi connectivity index (χ4v) is 8.73. The van der Waals surface area contributed by atoms with Crippen molar-refractivity contribution in [1.29, 1.82) is 0 Å². The number of amides is 1. The molecule has 0 aromatic heterocycles. The molecular formula is C33H43NO6. The van der Waals surface area contributed by atoms with Gasteiger partial charge in [-0.25, -0.2) is 0 Å². The molecule has 1 amide bonds. The lowest BCUT2D eigenvalue weighted by Gasteiger charge is -2.58. The number of Topliss-reactive ketones (excluding diaryl/α,β-unsaturated/α-hetero) is 1. The maximum absolute atomic E-state index is 13.4. The largest absolute Gasteiger partial charge is 0.458 e. The van der Waals surface area contributed by atoms with E-state index in [1.54, 1.807) is 0 Å². The second-order valence-electron chi connectivity index (χ2n) is 13.1. The molecule has 4 aliphatic carbocycles. The Morgan fingerprint density at radius 1 is 1.00 bits per heavy atom. The lowest BCUT2D eigenvalue weighted by atomic mass is 9.46. The van der Waals surface area contributed by atoms with Crippen LogP contribution in [0.25, 0.3) is 0 Å². The maximum atomic E-state index is 13.4. The zero-order chi connectivity index (χ0) is 28.7. The van der Waals surface area contributed by atoms with E-state index in [9.17, 15) is 24.3 Å². The van der Waals surface area contributed by atoms with Crippen LogP contribution in [0.15, 0.2) is 42.0 Å². The number of nitrogens with one attached hydrogen (secondary N) is 1. The summed E-state index contributed by atoms with van der Waals surface area (Å²) in [6.45, 7) is 5.78. The third-order valence-electron chi connectivity index (χ3n) is 11.2. The standard InChI is InChI=1S/C33H43NO6/c1-21(22-7-5-4-6-8-22)34-29(37)11-12-30(38)40-20-28(36)33(39)18-15-27-25-10-9-23-19-24(35)13-16-31(23,2)26(25)14-17-32(27,33)3/h4-8,19,21,25-27,39H,9-18,20H2,1-3H3,(H,34,37)/t21-,25-,26+,27+,31-,32-,33-/m0/s1. The number of hydrogen-bond acceptors (Lipinski definition) is 6. The molecular weight excluding hydrogens is 506 g/mol. The van der Waals surface area contributed by atoms with E-state index in [-0.39, 0.29) is 41.9 Å². The van der Waals surface area contributed by atoms with Gasteiger partial charge in [-0.2, -0.15) is 0 Å². The highest BCUT2D eigenvalue weighted by Gasteiger charge is 2.66. The summed E-state index contributed by atoms with van der Waals surface area (Å²) in [5.41, 5.74) is 0.220. The molecule has 4 aliphatic rings. The Morgan fingerprint density at radius 3 is 2.48 bits per heavy atom. The normalized spacial score (nSPS) is 35.5. The number of allylic oxidation sites excluding steroid dienone is 1. The molecule has 0 radical (unpaired) electrons. The monoisotopic (exact) mass is 549 g/mol. The number of ether oxygens (including phenoxy) is 1. The van der Waals surface area contributed by atoms with Crippen molar-refractivity contribution >= 4 is 23.4 Å². The molecule has 1 aromatic carbocycles. The molecule has 0 aliphatic heterocycles. The van der Waals surface area contributed by atoms with Crippen LogP contribution in [0.1, 0.15) is 96.6 Å². The van der Waals surface area contributed by atoms with Crippen LogP contribution in [-0.2, 0) is 23.9 Å². The highest BCUT2D eigenvalue weighted by atomic mass is 16.5. The summed E-state index contributed by atoms with van der Waals surface area (Å²) in [7, 11) is 0. The van der Waals surface area contributed by atoms with Crippen LogP contribution < -0.4 is 5.32 Å². The molecule has 0 unspecified atom stereocenters. The summed E-state index contributed by atoms with van der Waals surface area (Å²) in [6.07, 6.45) is 7.96. The smallest absolute Gasteiger partial charge is 0.306 e. The van der Waals surface area contributed by atoms with Crippen molar-refractivity contribution in [2.45, 2.75) is 96.6 Å². The fourth-order valence-electron chi connectivity index (χ4n) is 8.73. The van der Waals surface area contributed by atoms with E-state index in [1.165, 1.54) is 5.57 Å². The third-order valence-corrected chi connectivity index (χ3v) is 11.2. The average molecular weight is 550 g/mol. The zero-order valence-electron chi connectivity index (χ0n) is 24.0. The lowest BCUT2D eigenvalue weighted by molar-refractivity contribution is -0.170. The highest BCUT2D eigenvalue weighted by Crippen LogP contribution is 2.67. The number of aliphatic hydroxyl groups is 1. The molecule has 5 rings (SSSR count). The molecule has 40 heavy (non-hydrogen) atoms. The predicted octanol–water partition coefficient (Wildman–Crippen LogP) is 5.02. The highest BCUT2D eigenvalue weighted by molar-refractivity contribution is 5.92. The lowest BCUT2D eigenvalue weighted by Crippen LogP contribution is -2.58. The van der Waals surface area contributed by atoms with Gasteiger partial charge in [-0.15, -0.1) is 0 Å². The molecule has 3 saturated carbocycles. The molecule has 3 fully saturated rings. The van der Waals surface area contributed by atoms with Crippen molar-refractivity contribution in [2.75, 3.05) is 6.61 Å². The minimum absolute atomic E-state index is 0.0296. The van der Waals surface area contributed by atoms with E-state index in [2.05, 4.69) is 19.2 Å². The van der Waals surface area contributed by atoms with Gasteiger partial charge in [0.25, 0.3) is 0 Å². The summed E-state index contributed by atoms with van der Waals surface area (Å²) in [5.74, 6) is 0.0285. The van der Waals surface area contributed by atoms with Crippen molar-refractivity contribution in [3.05, 3.63) is 47.5 Å². The SMILES string of the molecule is C[C@H](NC(=O)CCC(=O)OCC(=O)[C@@]1(O)CC[C@@H]2[C@H]3CCC4=CC(=O)CC[C@]4(C)[C@@H]3CC[C@@]21C)c1ccccc1. The van der Waals surface area contributed by atoms with Gasteiger partial charge in [0.05, 0.1) is 12.5 Å². The molecule has 216 valence electrons. The first-order valence-electron chi connectivity index (χ1n) is 15.0. The number of carbonyl (C=O) groups is 4. The molecule has 1 aromatic rings. The third kappa shape index (κ3) is 4.95. The Bertz CT molecular complexity index is 1210. The van der Waals surface area contributed by atoms with E-state index in [0.717, 1.165) is 44.1 Å². The number of carbonyl (C=O) groups excluding carboxylic acids is 4. The van der Waals surface area contributed by atoms with E-state index in [4.69, 9.17) is 4.74 Å². The second kappa shape index (κ2) is 10.9. The van der Waals surface area contributed by atoms with Gasteiger partial charge in [0, 0.05) is 18.3 Å². The first-order chi connectivity index (χ1) is 19.0. The van der Waals surface area contributed by atoms with Crippen molar-refractivity contribution in [3.8, 4) is 0 Å². The molecule has 7 atom stereocenters. The van der Waals surface area contributed by atoms with Crippen LogP contribution >= 0.6 is 0 Å². The first kappa shape index (κ1) is 28.7. The van der Waals surface area contributed by atoms with Crippen molar-refractivity contribution in [2.24, 2.45) is 28.6 Å². The van der Waals surface area contributed by atoms with E-state index < -0.39 is 29.4 Å². The number of rotatable bonds is 8. The topological polar surface area (TPSA) is 110 Å². The fraction of sp³-hybridized carbons (Fsp3) is 0.636. The summed E-state index contributed by atoms with van der Waals surface area (Å²) < 4.78 is 5.28. The van der Waals surface area contributed by atoms with Gasteiger partial charge >= 0.3 is 5.97 Å². The van der Waals surface area contributed by atoms with Gasteiger partial charge in [0.15, 0.2) is 12.4 Å². The number of hydrogen-bond donors (Lipinski definition) is 2. The van der Waals surface area contributed by atoms with E-state index in [0.29, 0.717) is 24.7 Å². The van der Waals surface area contributed by atoms with Gasteiger partial charge in [-0.1, -0.05) is 49.8 Å². The van der Waals surface area contributed by atoms with Crippen LogP contribution in [-0.4, -0.2) is 40.8 Å². The Hall–Kier alpha value is -2.80. The quantitative estimate of drug-likeness (QED) is 0.441. The van der Waals surface area contributed by atoms with Crippen LogP contribution in [0.4, 0.5) is 0 Å².